The van der Waals surface area contributed by atoms with Crippen LogP contribution in [0.2, 0.25) is 0 Å². The van der Waals surface area contributed by atoms with E-state index in [0.717, 1.165) is 18.9 Å². The SMILES string of the molecule is CCCCN1C(=O)[C@](O)(CC(=O)c2ccc(OC)c([N+](=O)[O-])c2)c2ccccc21. The van der Waals surface area contributed by atoms with Crippen molar-refractivity contribution in [3.05, 3.63) is 63.7 Å². The summed E-state index contributed by atoms with van der Waals surface area (Å²) in [6.07, 6.45) is 1.13. The Balaban J connectivity index is 1.95. The van der Waals surface area contributed by atoms with Crippen LogP contribution in [-0.4, -0.2) is 35.4 Å². The number of methoxy groups -OCH3 is 1. The van der Waals surface area contributed by atoms with E-state index >= 15 is 0 Å². The van der Waals surface area contributed by atoms with Gasteiger partial charge in [-0.25, -0.2) is 0 Å². The molecule has 0 radical (unpaired) electrons. The number of ketones is 1. The second kappa shape index (κ2) is 8.00. The number of fused-ring (bicyclic) bond motifs is 1. The zero-order valence-corrected chi connectivity index (χ0v) is 16.3. The lowest BCUT2D eigenvalue weighted by molar-refractivity contribution is -0.385. The van der Waals surface area contributed by atoms with E-state index in [-0.39, 0.29) is 17.0 Å². The number of carbonyl (C=O) groups is 2. The smallest absolute Gasteiger partial charge is 0.311 e. The van der Waals surface area contributed by atoms with Crippen molar-refractivity contribution in [3.63, 3.8) is 0 Å². The number of carbonyl (C=O) groups excluding carboxylic acids is 2. The van der Waals surface area contributed by atoms with Gasteiger partial charge in [0.2, 0.25) is 0 Å². The van der Waals surface area contributed by atoms with E-state index in [4.69, 9.17) is 4.74 Å². The van der Waals surface area contributed by atoms with Crippen LogP contribution < -0.4 is 9.64 Å². The second-order valence-electron chi connectivity index (χ2n) is 6.93. The highest BCUT2D eigenvalue weighted by molar-refractivity contribution is 6.10. The van der Waals surface area contributed by atoms with E-state index in [2.05, 4.69) is 0 Å². The molecule has 2 aromatic rings. The first-order valence-electron chi connectivity index (χ1n) is 9.33. The minimum atomic E-state index is -2.00. The van der Waals surface area contributed by atoms with Crippen LogP contribution in [0.3, 0.4) is 0 Å². The summed E-state index contributed by atoms with van der Waals surface area (Å²) >= 11 is 0. The molecular formula is C21H22N2O6. The monoisotopic (exact) mass is 398 g/mol. The normalized spacial score (nSPS) is 17.9. The Kier molecular flexibility index (Phi) is 5.65. The summed E-state index contributed by atoms with van der Waals surface area (Å²) in [5.41, 5.74) is -1.37. The standard InChI is InChI=1S/C21H22N2O6/c1-3-4-11-22-16-8-6-5-7-15(16)21(26,20(22)25)13-18(24)14-9-10-19(29-2)17(12-14)23(27)28/h5-10,12,26H,3-4,11,13H2,1-2H3/t21-/m0/s1. The molecule has 3 rings (SSSR count). The molecule has 0 aromatic heterocycles. The molecule has 1 aliphatic rings. The molecule has 1 amide bonds. The van der Waals surface area contributed by atoms with Gasteiger partial charge in [-0.2, -0.15) is 0 Å². The van der Waals surface area contributed by atoms with Gasteiger partial charge in [-0.3, -0.25) is 19.7 Å². The number of hydrogen-bond donors (Lipinski definition) is 1. The molecule has 0 aliphatic carbocycles. The largest absolute Gasteiger partial charge is 0.490 e. The summed E-state index contributed by atoms with van der Waals surface area (Å²) in [5.74, 6) is -1.10. The fraction of sp³-hybridized carbons (Fsp3) is 0.333. The molecule has 0 saturated heterocycles. The van der Waals surface area contributed by atoms with Gasteiger partial charge >= 0.3 is 5.69 Å². The van der Waals surface area contributed by atoms with Gasteiger partial charge in [0.15, 0.2) is 17.1 Å². The van der Waals surface area contributed by atoms with Crippen LogP contribution >= 0.6 is 0 Å². The Morgan fingerprint density at radius 3 is 2.66 bits per heavy atom. The number of benzene rings is 2. The maximum absolute atomic E-state index is 13.0. The van der Waals surface area contributed by atoms with Gasteiger partial charge in [-0.15, -0.1) is 0 Å². The number of hydrogen-bond acceptors (Lipinski definition) is 6. The van der Waals surface area contributed by atoms with Crippen molar-refractivity contribution >= 4 is 23.1 Å². The number of nitro benzene ring substituents is 1. The minimum Gasteiger partial charge on any atom is -0.490 e. The maximum atomic E-state index is 13.0. The summed E-state index contributed by atoms with van der Waals surface area (Å²) in [6.45, 7) is 2.44. The quantitative estimate of drug-likeness (QED) is 0.415. The lowest BCUT2D eigenvalue weighted by Gasteiger charge is -2.22. The molecule has 1 aliphatic heterocycles. The van der Waals surface area contributed by atoms with Crippen LogP contribution in [0.15, 0.2) is 42.5 Å². The zero-order chi connectivity index (χ0) is 21.2. The number of amides is 1. The predicted molar refractivity (Wildman–Crippen MR) is 106 cm³/mol. The number of ether oxygens (including phenoxy) is 1. The molecule has 1 heterocycles. The second-order valence-corrected chi connectivity index (χ2v) is 6.93. The van der Waals surface area contributed by atoms with E-state index in [1.165, 1.54) is 24.1 Å². The van der Waals surface area contributed by atoms with Gasteiger partial charge in [-0.1, -0.05) is 31.5 Å². The molecule has 152 valence electrons. The van der Waals surface area contributed by atoms with Crippen LogP contribution in [0.5, 0.6) is 5.75 Å². The fourth-order valence-corrected chi connectivity index (χ4v) is 3.56. The molecule has 8 nitrogen and oxygen atoms in total. The van der Waals surface area contributed by atoms with Crippen LogP contribution in [0.1, 0.15) is 42.1 Å². The van der Waals surface area contributed by atoms with Gasteiger partial charge < -0.3 is 14.7 Å². The first kappa shape index (κ1) is 20.5. The summed E-state index contributed by atoms with van der Waals surface area (Å²) < 4.78 is 4.95. The molecule has 0 unspecified atom stereocenters. The van der Waals surface area contributed by atoms with Crippen molar-refractivity contribution in [2.24, 2.45) is 0 Å². The Hall–Kier alpha value is -3.26. The number of rotatable bonds is 8. The zero-order valence-electron chi connectivity index (χ0n) is 16.3. The van der Waals surface area contributed by atoms with Crippen molar-refractivity contribution in [1.82, 2.24) is 0 Å². The van der Waals surface area contributed by atoms with E-state index in [0.29, 0.717) is 17.8 Å². The molecule has 2 aromatic carbocycles. The number of anilines is 1. The molecule has 0 fully saturated rings. The lowest BCUT2D eigenvalue weighted by Crippen LogP contribution is -2.42. The summed E-state index contributed by atoms with van der Waals surface area (Å²) in [7, 11) is 1.30. The Morgan fingerprint density at radius 1 is 1.28 bits per heavy atom. The van der Waals surface area contributed by atoms with E-state index in [1.807, 2.05) is 6.92 Å². The Labute approximate surface area is 167 Å². The molecular weight excluding hydrogens is 376 g/mol. The Bertz CT molecular complexity index is 973. The van der Waals surface area contributed by atoms with Gasteiger partial charge in [0, 0.05) is 23.7 Å². The number of nitro groups is 1. The van der Waals surface area contributed by atoms with E-state index in [1.54, 1.807) is 24.3 Å². The van der Waals surface area contributed by atoms with Crippen molar-refractivity contribution in [1.29, 1.82) is 0 Å². The Morgan fingerprint density at radius 2 is 2.00 bits per heavy atom. The van der Waals surface area contributed by atoms with Crippen LogP contribution in [-0.2, 0) is 10.4 Å². The van der Waals surface area contributed by atoms with Crippen molar-refractivity contribution in [3.8, 4) is 5.75 Å². The molecule has 8 heteroatoms. The molecule has 1 N–H and O–H groups in total. The predicted octanol–water partition coefficient (Wildman–Crippen LogP) is 3.21. The van der Waals surface area contributed by atoms with Gasteiger partial charge in [0.1, 0.15) is 0 Å². The van der Waals surface area contributed by atoms with E-state index in [9.17, 15) is 24.8 Å². The summed E-state index contributed by atoms with van der Waals surface area (Å²) in [6, 6.07) is 10.6. The first-order valence-corrected chi connectivity index (χ1v) is 9.33. The van der Waals surface area contributed by atoms with Crippen LogP contribution in [0, 0.1) is 10.1 Å². The molecule has 29 heavy (non-hydrogen) atoms. The third-order valence-corrected chi connectivity index (χ3v) is 5.09. The topological polar surface area (TPSA) is 110 Å². The summed E-state index contributed by atoms with van der Waals surface area (Å²) in [5, 5.41) is 22.4. The lowest BCUT2D eigenvalue weighted by atomic mass is 9.88. The number of para-hydroxylation sites is 1. The molecule has 0 saturated carbocycles. The number of unbranched alkanes of at least 4 members (excludes halogenated alkanes) is 1. The minimum absolute atomic E-state index is 0.0262. The number of nitrogens with zero attached hydrogens (tertiary/aromatic N) is 2. The number of aliphatic hydroxyl groups is 1. The van der Waals surface area contributed by atoms with Crippen LogP contribution in [0.25, 0.3) is 0 Å². The molecule has 0 spiro atoms. The summed E-state index contributed by atoms with van der Waals surface area (Å²) in [4.78, 5) is 38.0. The van der Waals surface area contributed by atoms with E-state index < -0.39 is 28.6 Å². The average Bonchev–Trinajstić information content (AvgIpc) is 2.93. The fourth-order valence-electron chi connectivity index (χ4n) is 3.56. The van der Waals surface area contributed by atoms with Crippen molar-refractivity contribution in [2.45, 2.75) is 31.8 Å². The van der Waals surface area contributed by atoms with Crippen molar-refractivity contribution < 1.29 is 24.4 Å². The highest BCUT2D eigenvalue weighted by Crippen LogP contribution is 2.43. The number of Topliss-reactive ketones (excluding diaryl/α,β-unsaturated/α-hetero) is 1. The molecule has 1 atom stereocenters. The first-order chi connectivity index (χ1) is 13.8. The van der Waals surface area contributed by atoms with Gasteiger partial charge in [0.25, 0.3) is 5.91 Å². The average molecular weight is 398 g/mol. The van der Waals surface area contributed by atoms with Gasteiger partial charge in [-0.05, 0) is 24.6 Å². The maximum Gasteiger partial charge on any atom is 0.311 e. The van der Waals surface area contributed by atoms with Gasteiger partial charge in [0.05, 0.1) is 24.1 Å². The molecule has 0 bridgehead atoms. The third-order valence-electron chi connectivity index (χ3n) is 5.09. The van der Waals surface area contributed by atoms with Crippen LogP contribution in [0.4, 0.5) is 11.4 Å². The highest BCUT2D eigenvalue weighted by Gasteiger charge is 2.50. The third kappa shape index (κ3) is 3.58. The highest BCUT2D eigenvalue weighted by atomic mass is 16.6. The van der Waals surface area contributed by atoms with Crippen molar-refractivity contribution in [2.75, 3.05) is 18.6 Å².